The average molecular weight is 705 g/mol. The summed E-state index contributed by atoms with van der Waals surface area (Å²) >= 11 is 0. The maximum Gasteiger partial charge on any atom is 0.175 e. The second-order valence-electron chi connectivity index (χ2n) is 15.6. The van der Waals surface area contributed by atoms with Gasteiger partial charge in [0.2, 0.25) is 0 Å². The van der Waals surface area contributed by atoms with Crippen LogP contribution in [0.15, 0.2) is 182 Å². The van der Waals surface area contributed by atoms with Gasteiger partial charge in [-0.05, 0) is 104 Å². The van der Waals surface area contributed by atoms with Crippen LogP contribution < -0.4 is 14.5 Å². The lowest BCUT2D eigenvalue weighted by atomic mass is 9.70. The van der Waals surface area contributed by atoms with E-state index in [1.807, 2.05) is 0 Å². The molecule has 0 N–H and O–H groups in total. The predicted molar refractivity (Wildman–Crippen MR) is 224 cm³/mol. The zero-order valence-corrected chi connectivity index (χ0v) is 30.6. The molecule has 0 saturated carbocycles. The Labute approximate surface area is 321 Å². The van der Waals surface area contributed by atoms with E-state index in [9.17, 15) is 0 Å². The van der Waals surface area contributed by atoms with E-state index < -0.39 is 5.41 Å². The number of anilines is 6. The molecule has 8 aromatic carbocycles. The zero-order chi connectivity index (χ0) is 36.5. The summed E-state index contributed by atoms with van der Waals surface area (Å²) in [5.41, 5.74) is 18.9. The largest absolute Gasteiger partial charge is 0.451 e. The fraction of sp³-hybridized carbons (Fsp3) is 0.0769. The predicted octanol–water partition coefficient (Wildman–Crippen LogP) is 13.7. The first-order valence-electron chi connectivity index (χ1n) is 19.2. The van der Waals surface area contributed by atoms with E-state index in [2.05, 4.69) is 206 Å². The van der Waals surface area contributed by atoms with Crippen LogP contribution in [-0.4, -0.2) is 0 Å². The third-order valence-corrected chi connectivity index (χ3v) is 12.6. The summed E-state index contributed by atoms with van der Waals surface area (Å²) in [7, 11) is 0. The van der Waals surface area contributed by atoms with Gasteiger partial charge in [0.25, 0.3) is 0 Å². The van der Waals surface area contributed by atoms with Crippen molar-refractivity contribution in [2.45, 2.75) is 24.7 Å². The Morgan fingerprint density at radius 2 is 0.982 bits per heavy atom. The van der Waals surface area contributed by atoms with Gasteiger partial charge in [0.15, 0.2) is 11.5 Å². The van der Waals surface area contributed by atoms with Gasteiger partial charge in [0, 0.05) is 16.8 Å². The molecular formula is C52H36N2O. The number of rotatable bonds is 3. The highest BCUT2D eigenvalue weighted by Crippen LogP contribution is 2.65. The summed E-state index contributed by atoms with van der Waals surface area (Å²) in [5, 5.41) is 0. The van der Waals surface area contributed by atoms with Gasteiger partial charge in [0.1, 0.15) is 0 Å². The van der Waals surface area contributed by atoms with Crippen LogP contribution in [0.25, 0.3) is 22.3 Å². The van der Waals surface area contributed by atoms with Gasteiger partial charge < -0.3 is 14.5 Å². The number of hydrogen-bond acceptors (Lipinski definition) is 3. The number of hydrogen-bond donors (Lipinski definition) is 0. The molecule has 2 aliphatic carbocycles. The molecule has 0 unspecified atom stereocenters. The normalized spacial score (nSPS) is 15.1. The molecule has 0 aromatic heterocycles. The second kappa shape index (κ2) is 10.9. The molecule has 0 fully saturated rings. The van der Waals surface area contributed by atoms with Crippen LogP contribution >= 0.6 is 0 Å². The molecule has 0 radical (unpaired) electrons. The molecule has 8 aromatic rings. The lowest BCUT2D eigenvalue weighted by Gasteiger charge is -2.45. The Bertz CT molecular complexity index is 2840. The third kappa shape index (κ3) is 3.84. The van der Waals surface area contributed by atoms with Crippen LogP contribution in [-0.2, 0) is 10.8 Å². The lowest BCUT2D eigenvalue weighted by molar-refractivity contribution is 0.472. The molecule has 2 heterocycles. The molecule has 12 rings (SSSR count). The molecule has 260 valence electrons. The minimum absolute atomic E-state index is 0.238. The molecule has 4 aliphatic rings. The Hall–Kier alpha value is -6.84. The molecule has 0 saturated heterocycles. The first kappa shape index (κ1) is 30.6. The van der Waals surface area contributed by atoms with Crippen molar-refractivity contribution >= 4 is 34.1 Å². The van der Waals surface area contributed by atoms with Crippen molar-refractivity contribution in [3.8, 4) is 33.8 Å². The van der Waals surface area contributed by atoms with E-state index in [0.717, 1.165) is 39.9 Å². The second-order valence-corrected chi connectivity index (χ2v) is 15.6. The quantitative estimate of drug-likeness (QED) is 0.182. The van der Waals surface area contributed by atoms with E-state index in [4.69, 9.17) is 4.74 Å². The van der Waals surface area contributed by atoms with Crippen LogP contribution in [0.4, 0.5) is 34.1 Å². The molecule has 3 heteroatoms. The molecule has 1 spiro atoms. The standard InChI is InChI=1S/C52H36N2O/c1-51(2)42-24-12-13-25-45(42)54-46-26-14-15-27-48(46)55-50-47(31-30-43(51)49(50)54)53(33-16-4-3-5-17-33)34-28-29-38-37-20-8-11-23-41(37)52(44(38)32-34)39-21-9-6-18-35(39)36-19-7-10-22-40(36)52/h3-32H,1-2H3. The molecule has 0 atom stereocenters. The number of benzene rings is 8. The van der Waals surface area contributed by atoms with Gasteiger partial charge in [-0.1, -0.05) is 147 Å². The number of nitrogens with zero attached hydrogens (tertiary/aromatic N) is 2. The summed E-state index contributed by atoms with van der Waals surface area (Å²) in [4.78, 5) is 4.83. The Morgan fingerprint density at radius 1 is 0.436 bits per heavy atom. The summed E-state index contributed by atoms with van der Waals surface area (Å²) in [5.74, 6) is 1.70. The maximum absolute atomic E-state index is 7.13. The molecular weight excluding hydrogens is 669 g/mol. The zero-order valence-electron chi connectivity index (χ0n) is 30.6. The minimum Gasteiger partial charge on any atom is -0.451 e. The number of fused-ring (bicyclic) bond motifs is 14. The van der Waals surface area contributed by atoms with E-state index in [0.29, 0.717) is 0 Å². The average Bonchev–Trinajstić information content (AvgIpc) is 3.70. The first-order chi connectivity index (χ1) is 27.1. The maximum atomic E-state index is 7.13. The van der Waals surface area contributed by atoms with Gasteiger partial charge in [-0.25, -0.2) is 0 Å². The summed E-state index contributed by atoms with van der Waals surface area (Å²) in [6.45, 7) is 4.67. The highest BCUT2D eigenvalue weighted by atomic mass is 16.5. The van der Waals surface area contributed by atoms with Gasteiger partial charge in [-0.15, -0.1) is 0 Å². The highest BCUT2D eigenvalue weighted by Gasteiger charge is 2.52. The van der Waals surface area contributed by atoms with Crippen molar-refractivity contribution in [3.63, 3.8) is 0 Å². The molecule has 2 aliphatic heterocycles. The number of para-hydroxylation sites is 4. The van der Waals surface area contributed by atoms with Crippen molar-refractivity contribution in [2.24, 2.45) is 0 Å². The molecule has 0 amide bonds. The van der Waals surface area contributed by atoms with Crippen LogP contribution in [0.2, 0.25) is 0 Å². The Morgan fingerprint density at radius 3 is 1.65 bits per heavy atom. The summed E-state index contributed by atoms with van der Waals surface area (Å²) in [6, 6.07) is 66.8. The van der Waals surface area contributed by atoms with E-state index >= 15 is 0 Å². The van der Waals surface area contributed by atoms with Crippen molar-refractivity contribution in [3.05, 3.63) is 215 Å². The molecule has 0 bridgehead atoms. The van der Waals surface area contributed by atoms with Crippen LogP contribution in [0, 0.1) is 0 Å². The van der Waals surface area contributed by atoms with Crippen molar-refractivity contribution in [2.75, 3.05) is 9.80 Å². The fourth-order valence-electron chi connectivity index (χ4n) is 10.3. The van der Waals surface area contributed by atoms with Crippen molar-refractivity contribution < 1.29 is 4.74 Å². The van der Waals surface area contributed by atoms with Gasteiger partial charge >= 0.3 is 0 Å². The third-order valence-electron chi connectivity index (χ3n) is 12.6. The summed E-state index contributed by atoms with van der Waals surface area (Å²) < 4.78 is 7.13. The van der Waals surface area contributed by atoms with Gasteiger partial charge in [0.05, 0.1) is 28.2 Å². The minimum atomic E-state index is -0.443. The van der Waals surface area contributed by atoms with Gasteiger partial charge in [-0.3, -0.25) is 0 Å². The van der Waals surface area contributed by atoms with E-state index in [1.54, 1.807) is 0 Å². The van der Waals surface area contributed by atoms with Crippen molar-refractivity contribution in [1.82, 2.24) is 0 Å². The van der Waals surface area contributed by atoms with Gasteiger partial charge in [-0.2, -0.15) is 0 Å². The first-order valence-corrected chi connectivity index (χ1v) is 19.2. The molecule has 55 heavy (non-hydrogen) atoms. The van der Waals surface area contributed by atoms with Crippen LogP contribution in [0.1, 0.15) is 47.2 Å². The topological polar surface area (TPSA) is 15.7 Å². The lowest BCUT2D eigenvalue weighted by Crippen LogP contribution is -2.32. The summed E-state index contributed by atoms with van der Waals surface area (Å²) in [6.07, 6.45) is 0. The van der Waals surface area contributed by atoms with Crippen LogP contribution in [0.5, 0.6) is 11.5 Å². The van der Waals surface area contributed by atoms with Crippen molar-refractivity contribution in [1.29, 1.82) is 0 Å². The Kier molecular flexibility index (Phi) is 6.05. The van der Waals surface area contributed by atoms with Crippen LogP contribution in [0.3, 0.4) is 0 Å². The van der Waals surface area contributed by atoms with E-state index in [1.165, 1.54) is 61.3 Å². The SMILES string of the molecule is CC1(C)c2ccccc2N2c3ccccc3Oc3c(N(c4ccccc4)c4ccc5c(c4)C4(c6ccccc6-c6ccccc64)c4ccccc4-5)ccc1c32. The van der Waals surface area contributed by atoms with E-state index in [-0.39, 0.29) is 5.41 Å². The Balaban J connectivity index is 1.14. The number of ether oxygens (including phenoxy) is 1. The molecule has 3 nitrogen and oxygen atoms in total. The highest BCUT2D eigenvalue weighted by molar-refractivity contribution is 6.00. The fourth-order valence-corrected chi connectivity index (χ4v) is 10.3. The monoisotopic (exact) mass is 704 g/mol. The smallest absolute Gasteiger partial charge is 0.175 e.